The van der Waals surface area contributed by atoms with Gasteiger partial charge in [-0.3, -0.25) is 19.4 Å². The second-order valence-electron chi connectivity index (χ2n) is 7.74. The zero-order chi connectivity index (χ0) is 21.3. The van der Waals surface area contributed by atoms with Crippen molar-refractivity contribution in [2.75, 3.05) is 50.7 Å². The SMILES string of the molecule is CCN(C(=O)CN1CCN(CC(=O)NCc2ccccc2)CC1)c1ccccc1C. The lowest BCUT2D eigenvalue weighted by molar-refractivity contribution is -0.124. The number of hydrogen-bond donors (Lipinski definition) is 1. The third-order valence-corrected chi connectivity index (χ3v) is 5.55. The summed E-state index contributed by atoms with van der Waals surface area (Å²) >= 11 is 0. The third kappa shape index (κ3) is 6.15. The highest BCUT2D eigenvalue weighted by Crippen LogP contribution is 2.19. The van der Waals surface area contributed by atoms with E-state index in [2.05, 4.69) is 15.1 Å². The van der Waals surface area contributed by atoms with Gasteiger partial charge in [0.1, 0.15) is 0 Å². The lowest BCUT2D eigenvalue weighted by atomic mass is 10.1. The summed E-state index contributed by atoms with van der Waals surface area (Å²) in [6, 6.07) is 17.9. The Bertz CT molecular complexity index is 832. The van der Waals surface area contributed by atoms with Crippen LogP contribution in [0.15, 0.2) is 54.6 Å². The second kappa shape index (κ2) is 10.9. The summed E-state index contributed by atoms with van der Waals surface area (Å²) in [6.45, 7) is 9.25. The smallest absolute Gasteiger partial charge is 0.241 e. The lowest BCUT2D eigenvalue weighted by Crippen LogP contribution is -2.52. The first-order valence-corrected chi connectivity index (χ1v) is 10.7. The first-order chi connectivity index (χ1) is 14.6. The van der Waals surface area contributed by atoms with Gasteiger partial charge >= 0.3 is 0 Å². The molecule has 1 aliphatic heterocycles. The zero-order valence-corrected chi connectivity index (χ0v) is 18.0. The van der Waals surface area contributed by atoms with E-state index in [1.807, 2.05) is 73.3 Å². The molecule has 1 saturated heterocycles. The first-order valence-electron chi connectivity index (χ1n) is 10.7. The molecule has 1 heterocycles. The van der Waals surface area contributed by atoms with E-state index in [1.165, 1.54) is 0 Å². The van der Waals surface area contributed by atoms with Gasteiger partial charge in [-0.2, -0.15) is 0 Å². The Morgan fingerprint density at radius 3 is 2.13 bits per heavy atom. The topological polar surface area (TPSA) is 55.9 Å². The lowest BCUT2D eigenvalue weighted by Gasteiger charge is -2.35. The molecule has 2 aromatic rings. The van der Waals surface area contributed by atoms with E-state index in [0.29, 0.717) is 26.2 Å². The third-order valence-electron chi connectivity index (χ3n) is 5.55. The molecule has 0 bridgehead atoms. The van der Waals surface area contributed by atoms with Crippen LogP contribution in [0.2, 0.25) is 0 Å². The fourth-order valence-electron chi connectivity index (χ4n) is 3.78. The summed E-state index contributed by atoms with van der Waals surface area (Å²) in [4.78, 5) is 31.3. The van der Waals surface area contributed by atoms with E-state index in [9.17, 15) is 9.59 Å². The number of carbonyl (C=O) groups excluding carboxylic acids is 2. The van der Waals surface area contributed by atoms with E-state index in [1.54, 1.807) is 0 Å². The number of nitrogens with zero attached hydrogens (tertiary/aromatic N) is 3. The highest BCUT2D eigenvalue weighted by Gasteiger charge is 2.23. The Kier molecular flexibility index (Phi) is 7.99. The minimum Gasteiger partial charge on any atom is -0.351 e. The fraction of sp³-hybridized carbons (Fsp3) is 0.417. The molecule has 6 nitrogen and oxygen atoms in total. The molecule has 30 heavy (non-hydrogen) atoms. The summed E-state index contributed by atoms with van der Waals surface area (Å²) in [6.07, 6.45) is 0. The highest BCUT2D eigenvalue weighted by molar-refractivity contribution is 5.95. The molecule has 0 atom stereocenters. The van der Waals surface area contributed by atoms with Gasteiger partial charge in [-0.25, -0.2) is 0 Å². The number of carbonyl (C=O) groups is 2. The van der Waals surface area contributed by atoms with Crippen LogP contribution in [0, 0.1) is 6.92 Å². The Morgan fingerprint density at radius 2 is 1.50 bits per heavy atom. The minimum atomic E-state index is 0.0418. The highest BCUT2D eigenvalue weighted by atomic mass is 16.2. The predicted octanol–water partition coefficient (Wildman–Crippen LogP) is 2.28. The summed E-state index contributed by atoms with van der Waals surface area (Å²) in [5.74, 6) is 0.168. The van der Waals surface area contributed by atoms with Gasteiger partial charge in [-0.1, -0.05) is 48.5 Å². The molecule has 2 aromatic carbocycles. The van der Waals surface area contributed by atoms with Crippen LogP contribution >= 0.6 is 0 Å². The van der Waals surface area contributed by atoms with Crippen molar-refractivity contribution in [3.8, 4) is 0 Å². The number of piperazine rings is 1. The first kappa shape index (κ1) is 22.0. The molecule has 0 radical (unpaired) electrons. The van der Waals surface area contributed by atoms with Crippen molar-refractivity contribution in [2.24, 2.45) is 0 Å². The van der Waals surface area contributed by atoms with Crippen molar-refractivity contribution in [3.05, 3.63) is 65.7 Å². The Balaban J connectivity index is 1.42. The van der Waals surface area contributed by atoms with Gasteiger partial charge < -0.3 is 10.2 Å². The average Bonchev–Trinajstić information content (AvgIpc) is 2.76. The normalized spacial score (nSPS) is 15.0. The molecular formula is C24H32N4O2. The number of nitrogens with one attached hydrogen (secondary N) is 1. The number of hydrogen-bond acceptors (Lipinski definition) is 4. The van der Waals surface area contributed by atoms with Crippen molar-refractivity contribution in [1.82, 2.24) is 15.1 Å². The van der Waals surface area contributed by atoms with E-state index >= 15 is 0 Å². The molecule has 3 rings (SSSR count). The van der Waals surface area contributed by atoms with Crippen LogP contribution in [-0.4, -0.2) is 67.4 Å². The molecule has 6 heteroatoms. The van der Waals surface area contributed by atoms with Crippen molar-refractivity contribution in [1.29, 1.82) is 0 Å². The molecule has 0 aliphatic carbocycles. The molecule has 0 unspecified atom stereocenters. The number of benzene rings is 2. The maximum atomic E-state index is 12.9. The van der Waals surface area contributed by atoms with Crippen molar-refractivity contribution in [3.63, 3.8) is 0 Å². The van der Waals surface area contributed by atoms with Crippen LogP contribution in [0.5, 0.6) is 0 Å². The molecule has 0 spiro atoms. The van der Waals surface area contributed by atoms with Crippen molar-refractivity contribution < 1.29 is 9.59 Å². The van der Waals surface area contributed by atoms with Crippen LogP contribution < -0.4 is 10.2 Å². The molecule has 0 saturated carbocycles. The fourth-order valence-corrected chi connectivity index (χ4v) is 3.78. The molecule has 1 fully saturated rings. The van der Waals surface area contributed by atoms with Crippen LogP contribution in [-0.2, 0) is 16.1 Å². The maximum absolute atomic E-state index is 12.9. The van der Waals surface area contributed by atoms with Gasteiger partial charge in [0, 0.05) is 45.0 Å². The van der Waals surface area contributed by atoms with Gasteiger partial charge in [0.25, 0.3) is 0 Å². The molecular weight excluding hydrogens is 376 g/mol. The maximum Gasteiger partial charge on any atom is 0.241 e. The Hall–Kier alpha value is -2.70. The van der Waals surface area contributed by atoms with Gasteiger partial charge in [0.15, 0.2) is 0 Å². The van der Waals surface area contributed by atoms with E-state index in [-0.39, 0.29) is 11.8 Å². The molecule has 2 amide bonds. The van der Waals surface area contributed by atoms with Crippen LogP contribution in [0.4, 0.5) is 5.69 Å². The number of aryl methyl sites for hydroxylation is 1. The summed E-state index contributed by atoms with van der Waals surface area (Å²) in [5, 5.41) is 2.98. The number of likely N-dealkylation sites (N-methyl/N-ethyl adjacent to an activating group) is 1. The number of para-hydroxylation sites is 1. The van der Waals surface area contributed by atoms with Crippen LogP contribution in [0.25, 0.3) is 0 Å². The van der Waals surface area contributed by atoms with Crippen LogP contribution in [0.1, 0.15) is 18.1 Å². The number of rotatable bonds is 8. The molecule has 160 valence electrons. The monoisotopic (exact) mass is 408 g/mol. The summed E-state index contributed by atoms with van der Waals surface area (Å²) < 4.78 is 0. The summed E-state index contributed by atoms with van der Waals surface area (Å²) in [5.41, 5.74) is 3.20. The molecule has 1 N–H and O–H groups in total. The number of amides is 2. The Labute approximate surface area is 179 Å². The molecule has 1 aliphatic rings. The summed E-state index contributed by atoms with van der Waals surface area (Å²) in [7, 11) is 0. The van der Waals surface area contributed by atoms with E-state index in [4.69, 9.17) is 0 Å². The second-order valence-corrected chi connectivity index (χ2v) is 7.74. The average molecular weight is 409 g/mol. The van der Waals surface area contributed by atoms with Gasteiger partial charge in [-0.15, -0.1) is 0 Å². The molecule has 0 aromatic heterocycles. The van der Waals surface area contributed by atoms with Crippen molar-refractivity contribution >= 4 is 17.5 Å². The predicted molar refractivity (Wildman–Crippen MR) is 120 cm³/mol. The minimum absolute atomic E-state index is 0.0418. The van der Waals surface area contributed by atoms with E-state index in [0.717, 1.165) is 43.0 Å². The standard InChI is InChI=1S/C24H32N4O2/c1-3-28(22-12-8-7-9-20(22)2)24(30)19-27-15-13-26(14-16-27)18-23(29)25-17-21-10-5-4-6-11-21/h4-12H,3,13-19H2,1-2H3,(H,25,29). The quantitative estimate of drug-likeness (QED) is 0.728. The van der Waals surface area contributed by atoms with E-state index < -0.39 is 0 Å². The largest absolute Gasteiger partial charge is 0.351 e. The zero-order valence-electron chi connectivity index (χ0n) is 18.0. The van der Waals surface area contributed by atoms with Gasteiger partial charge in [-0.05, 0) is 31.0 Å². The number of anilines is 1. The van der Waals surface area contributed by atoms with Crippen molar-refractivity contribution in [2.45, 2.75) is 20.4 Å². The van der Waals surface area contributed by atoms with Gasteiger partial charge in [0.05, 0.1) is 13.1 Å². The van der Waals surface area contributed by atoms with Crippen LogP contribution in [0.3, 0.4) is 0 Å². The van der Waals surface area contributed by atoms with Gasteiger partial charge in [0.2, 0.25) is 11.8 Å². The Morgan fingerprint density at radius 1 is 0.900 bits per heavy atom.